The molecule has 0 unspecified atom stereocenters. The second kappa shape index (κ2) is 8.49. The summed E-state index contributed by atoms with van der Waals surface area (Å²) in [5, 5.41) is 12.8. The summed E-state index contributed by atoms with van der Waals surface area (Å²) >= 11 is 0. The molecule has 9 heteroatoms. The fourth-order valence-electron chi connectivity index (χ4n) is 3.52. The molecule has 2 aliphatic heterocycles. The van der Waals surface area contributed by atoms with Crippen LogP contribution in [0.1, 0.15) is 20.7 Å². The van der Waals surface area contributed by atoms with Crippen molar-refractivity contribution in [2.75, 3.05) is 39.4 Å². The van der Waals surface area contributed by atoms with Crippen molar-refractivity contribution < 1.29 is 28.9 Å². The Hall–Kier alpha value is -3.85. The molecule has 0 saturated carbocycles. The first-order valence-corrected chi connectivity index (χ1v) is 9.51. The number of fused-ring (bicyclic) bond motifs is 1. The van der Waals surface area contributed by atoms with Gasteiger partial charge in [0.05, 0.1) is 44.3 Å². The zero-order valence-electron chi connectivity index (χ0n) is 17.0. The van der Waals surface area contributed by atoms with Gasteiger partial charge >= 0.3 is 5.97 Å². The molecule has 0 aliphatic carbocycles. The zero-order valence-corrected chi connectivity index (χ0v) is 17.0. The van der Waals surface area contributed by atoms with Crippen molar-refractivity contribution in [3.8, 4) is 11.5 Å². The molecule has 0 aromatic heterocycles. The molecule has 0 radical (unpaired) electrons. The van der Waals surface area contributed by atoms with Crippen LogP contribution in [0, 0.1) is 0 Å². The highest BCUT2D eigenvalue weighted by molar-refractivity contribution is 6.09. The topological polar surface area (TPSA) is 110 Å². The van der Waals surface area contributed by atoms with E-state index in [4.69, 9.17) is 14.2 Å². The van der Waals surface area contributed by atoms with Gasteiger partial charge in [-0.2, -0.15) is 0 Å². The average molecular weight is 423 g/mol. The van der Waals surface area contributed by atoms with Gasteiger partial charge in [-0.25, -0.2) is 4.79 Å². The van der Waals surface area contributed by atoms with E-state index in [9.17, 15) is 14.7 Å². The summed E-state index contributed by atoms with van der Waals surface area (Å²) in [6.07, 6.45) is 0. The number of benzene rings is 2. The van der Waals surface area contributed by atoms with E-state index >= 15 is 0 Å². The molecule has 1 saturated heterocycles. The van der Waals surface area contributed by atoms with Gasteiger partial charge < -0.3 is 24.6 Å². The maximum Gasteiger partial charge on any atom is 0.336 e. The van der Waals surface area contributed by atoms with Crippen molar-refractivity contribution in [2.24, 2.45) is 4.99 Å². The summed E-state index contributed by atoms with van der Waals surface area (Å²) in [6.45, 7) is 0.698. The Labute approximate surface area is 178 Å². The first-order valence-electron chi connectivity index (χ1n) is 9.51. The minimum Gasteiger partial charge on any atom is -0.493 e. The van der Waals surface area contributed by atoms with Crippen molar-refractivity contribution in [3.63, 3.8) is 0 Å². The molecule has 2 heterocycles. The number of nitrogens with zero attached hydrogens (tertiary/aromatic N) is 2. The Bertz CT molecular complexity index is 1110. The van der Waals surface area contributed by atoms with Gasteiger partial charge in [0.2, 0.25) is 0 Å². The number of amides is 1. The van der Waals surface area contributed by atoms with Gasteiger partial charge in [-0.15, -0.1) is 0 Å². The Kier molecular flexibility index (Phi) is 5.59. The molecule has 2 aromatic rings. The average Bonchev–Trinajstić information content (AvgIpc) is 3.28. The molecule has 9 nitrogen and oxygen atoms in total. The molecule has 1 amide bonds. The molecule has 2 N–H and O–H groups in total. The molecular formula is C22H21N3O6. The van der Waals surface area contributed by atoms with Gasteiger partial charge in [0.15, 0.2) is 11.5 Å². The van der Waals surface area contributed by atoms with Crippen LogP contribution in [-0.2, 0) is 4.74 Å². The number of aliphatic imine (C=N–C) groups is 1. The molecule has 1 fully saturated rings. The smallest absolute Gasteiger partial charge is 0.336 e. The number of carbonyl (C=O) groups excluding carboxylic acids is 1. The fraction of sp³-hybridized carbons (Fsp3) is 0.227. The first-order chi connectivity index (χ1) is 15.0. The van der Waals surface area contributed by atoms with Crippen LogP contribution in [0.2, 0.25) is 0 Å². The van der Waals surface area contributed by atoms with Crippen molar-refractivity contribution in [1.29, 1.82) is 0 Å². The predicted octanol–water partition coefficient (Wildman–Crippen LogP) is 2.61. The van der Waals surface area contributed by atoms with Crippen molar-refractivity contribution in [1.82, 2.24) is 4.90 Å². The van der Waals surface area contributed by atoms with Crippen LogP contribution >= 0.6 is 0 Å². The van der Waals surface area contributed by atoms with Gasteiger partial charge in [-0.05, 0) is 24.3 Å². The summed E-state index contributed by atoms with van der Waals surface area (Å²) < 4.78 is 16.2. The highest BCUT2D eigenvalue weighted by atomic mass is 16.5. The molecule has 160 valence electrons. The molecule has 4 rings (SSSR count). The van der Waals surface area contributed by atoms with Gasteiger partial charge in [0, 0.05) is 17.3 Å². The summed E-state index contributed by atoms with van der Waals surface area (Å²) in [5.74, 6) is -0.0387. The summed E-state index contributed by atoms with van der Waals surface area (Å²) in [7, 11) is 3.09. The molecule has 2 aliphatic rings. The van der Waals surface area contributed by atoms with Crippen LogP contribution in [-0.4, -0.2) is 61.7 Å². The lowest BCUT2D eigenvalue weighted by molar-refractivity contribution is 0.0683. The maximum atomic E-state index is 13.4. The Morgan fingerprint density at radius 2 is 1.81 bits per heavy atom. The lowest BCUT2D eigenvalue weighted by Gasteiger charge is -2.30. The Morgan fingerprint density at radius 3 is 2.52 bits per heavy atom. The third-order valence-corrected chi connectivity index (χ3v) is 5.07. The number of methoxy groups -OCH3 is 2. The van der Waals surface area contributed by atoms with Gasteiger partial charge in [-0.3, -0.25) is 14.7 Å². The van der Waals surface area contributed by atoms with Crippen molar-refractivity contribution in [3.05, 3.63) is 65.0 Å². The van der Waals surface area contributed by atoms with Crippen LogP contribution in [0.3, 0.4) is 0 Å². The monoisotopic (exact) mass is 423 g/mol. The number of ether oxygens (including phenoxy) is 3. The molecule has 0 atom stereocenters. The highest BCUT2D eigenvalue weighted by Gasteiger charge is 2.33. The highest BCUT2D eigenvalue weighted by Crippen LogP contribution is 2.32. The number of anilines is 1. The molecular weight excluding hydrogens is 402 g/mol. The lowest BCUT2D eigenvalue weighted by atomic mass is 10.1. The molecule has 31 heavy (non-hydrogen) atoms. The fourth-order valence-corrected chi connectivity index (χ4v) is 3.52. The number of hydrogen-bond donors (Lipinski definition) is 2. The molecule has 0 bridgehead atoms. The number of carboxylic acids is 1. The SMILES string of the molecule is COc1ccc(NC2=C3COCC3=NCN2C(=O)c2ccccc2C(=O)O)cc1OC. The van der Waals surface area contributed by atoms with Crippen LogP contribution < -0.4 is 14.8 Å². The largest absolute Gasteiger partial charge is 0.493 e. The van der Waals surface area contributed by atoms with E-state index in [1.807, 2.05) is 0 Å². The number of carbonyl (C=O) groups is 2. The van der Waals surface area contributed by atoms with E-state index < -0.39 is 11.9 Å². The number of aromatic carboxylic acids is 1. The van der Waals surface area contributed by atoms with Crippen molar-refractivity contribution >= 4 is 23.3 Å². The Balaban J connectivity index is 1.73. The standard InChI is InChI=1S/C22H21N3O6/c1-29-18-8-7-13(9-19(18)30-2)24-20-16-10-31-11-17(16)23-12-25(20)21(26)14-5-3-4-6-15(14)22(27)28/h3-9,24H,10-12H2,1-2H3,(H,27,28). The summed E-state index contributed by atoms with van der Waals surface area (Å²) in [6, 6.07) is 11.4. The number of rotatable bonds is 6. The van der Waals surface area contributed by atoms with Gasteiger partial charge in [0.1, 0.15) is 12.5 Å². The minimum absolute atomic E-state index is 0.0462. The number of carboxylic acid groups (broad SMARTS) is 1. The second-order valence-corrected chi connectivity index (χ2v) is 6.84. The third kappa shape index (κ3) is 3.82. The summed E-state index contributed by atoms with van der Waals surface area (Å²) in [5.41, 5.74) is 2.19. The maximum absolute atomic E-state index is 13.4. The van der Waals surface area contributed by atoms with Crippen LogP contribution in [0.15, 0.2) is 58.9 Å². The van der Waals surface area contributed by atoms with E-state index in [0.29, 0.717) is 36.2 Å². The predicted molar refractivity (Wildman–Crippen MR) is 113 cm³/mol. The third-order valence-electron chi connectivity index (χ3n) is 5.07. The van der Waals surface area contributed by atoms with E-state index in [2.05, 4.69) is 10.3 Å². The normalized spacial score (nSPS) is 15.3. The lowest BCUT2D eigenvalue weighted by Crippen LogP contribution is -2.39. The molecule has 0 spiro atoms. The van der Waals surface area contributed by atoms with E-state index in [1.54, 1.807) is 44.6 Å². The summed E-state index contributed by atoms with van der Waals surface area (Å²) in [4.78, 5) is 30.9. The number of hydrogen-bond acceptors (Lipinski definition) is 7. The van der Waals surface area contributed by atoms with Crippen molar-refractivity contribution in [2.45, 2.75) is 0 Å². The minimum atomic E-state index is -1.17. The van der Waals surface area contributed by atoms with E-state index in [-0.39, 0.29) is 17.8 Å². The van der Waals surface area contributed by atoms with E-state index in [1.165, 1.54) is 17.0 Å². The van der Waals surface area contributed by atoms with Gasteiger partial charge in [0.25, 0.3) is 5.91 Å². The Morgan fingerprint density at radius 1 is 1.06 bits per heavy atom. The quantitative estimate of drug-likeness (QED) is 0.735. The van der Waals surface area contributed by atoms with Gasteiger partial charge in [-0.1, -0.05) is 12.1 Å². The van der Waals surface area contributed by atoms with Crippen LogP contribution in [0.4, 0.5) is 5.69 Å². The zero-order chi connectivity index (χ0) is 22.0. The van der Waals surface area contributed by atoms with Crippen LogP contribution in [0.5, 0.6) is 11.5 Å². The first kappa shape index (κ1) is 20.4. The van der Waals surface area contributed by atoms with Crippen LogP contribution in [0.25, 0.3) is 0 Å². The second-order valence-electron chi connectivity index (χ2n) is 6.84. The van der Waals surface area contributed by atoms with E-state index in [0.717, 1.165) is 11.3 Å². The molecule has 2 aromatic carbocycles. The number of nitrogens with one attached hydrogen (secondary N) is 1.